The van der Waals surface area contributed by atoms with Gasteiger partial charge >= 0.3 is 0 Å². The number of ether oxygens (including phenoxy) is 1. The third-order valence-corrected chi connectivity index (χ3v) is 4.20. The van der Waals surface area contributed by atoms with Gasteiger partial charge in [-0.05, 0) is 49.1 Å². The van der Waals surface area contributed by atoms with Crippen molar-refractivity contribution < 1.29 is 4.74 Å². The second kappa shape index (κ2) is 5.15. The molecule has 96 valence electrons. The number of rotatable bonds is 2. The van der Waals surface area contributed by atoms with Crippen LogP contribution in [0.25, 0.3) is 5.57 Å². The lowest BCUT2D eigenvalue weighted by atomic mass is 9.91. The van der Waals surface area contributed by atoms with Crippen LogP contribution in [0.3, 0.4) is 0 Å². The minimum absolute atomic E-state index is 0.799. The summed E-state index contributed by atoms with van der Waals surface area (Å²) in [5.74, 6) is 0.953. The maximum atomic E-state index is 5.31. The largest absolute Gasteiger partial charge is 0.497 e. The van der Waals surface area contributed by atoms with Gasteiger partial charge in [-0.25, -0.2) is 0 Å². The van der Waals surface area contributed by atoms with Crippen molar-refractivity contribution >= 4 is 5.57 Å². The van der Waals surface area contributed by atoms with E-state index in [1.165, 1.54) is 43.4 Å². The Bertz CT molecular complexity index is 452. The van der Waals surface area contributed by atoms with E-state index >= 15 is 0 Å². The molecular formula is C16H21NO. The maximum absolute atomic E-state index is 5.31. The summed E-state index contributed by atoms with van der Waals surface area (Å²) in [6, 6.07) is 9.23. The smallest absolute Gasteiger partial charge is 0.119 e. The number of hydrogen-bond donors (Lipinski definition) is 0. The van der Waals surface area contributed by atoms with Crippen LogP contribution in [0.4, 0.5) is 0 Å². The van der Waals surface area contributed by atoms with Crippen molar-refractivity contribution in [2.75, 3.05) is 20.2 Å². The Morgan fingerprint density at radius 3 is 3.11 bits per heavy atom. The van der Waals surface area contributed by atoms with Crippen LogP contribution >= 0.6 is 0 Å². The standard InChI is InChI=1S/C16H21NO/c1-18-16-7-4-5-13(11-16)14-8-9-15-6-2-3-10-17(15)12-14/h4-5,7-8,11,15H,2-3,6,9-10,12H2,1H3/t15-/m0/s1. The van der Waals surface area contributed by atoms with Crippen LogP contribution in [0.1, 0.15) is 31.2 Å². The molecule has 2 aliphatic heterocycles. The lowest BCUT2D eigenvalue weighted by Gasteiger charge is -2.39. The van der Waals surface area contributed by atoms with E-state index in [4.69, 9.17) is 4.74 Å². The van der Waals surface area contributed by atoms with Crippen molar-refractivity contribution in [1.82, 2.24) is 4.90 Å². The highest BCUT2D eigenvalue weighted by molar-refractivity contribution is 5.68. The van der Waals surface area contributed by atoms with Gasteiger partial charge in [0.1, 0.15) is 5.75 Å². The summed E-state index contributed by atoms with van der Waals surface area (Å²) in [4.78, 5) is 2.65. The Hall–Kier alpha value is -1.28. The van der Waals surface area contributed by atoms with Gasteiger partial charge in [-0.15, -0.1) is 0 Å². The van der Waals surface area contributed by atoms with E-state index in [1.54, 1.807) is 7.11 Å². The molecule has 0 radical (unpaired) electrons. The average Bonchev–Trinajstić information content (AvgIpc) is 2.47. The molecule has 0 bridgehead atoms. The SMILES string of the molecule is COc1cccc(C2=CC[C@@H]3CCCCN3C2)c1. The number of methoxy groups -OCH3 is 1. The van der Waals surface area contributed by atoms with Gasteiger partial charge in [0.2, 0.25) is 0 Å². The number of benzene rings is 1. The van der Waals surface area contributed by atoms with Crippen molar-refractivity contribution in [3.05, 3.63) is 35.9 Å². The Kier molecular flexibility index (Phi) is 3.37. The lowest BCUT2D eigenvalue weighted by Crippen LogP contribution is -2.42. The fraction of sp³-hybridized carbons (Fsp3) is 0.500. The van der Waals surface area contributed by atoms with Crippen molar-refractivity contribution in [2.45, 2.75) is 31.7 Å². The van der Waals surface area contributed by atoms with Crippen molar-refractivity contribution in [2.24, 2.45) is 0 Å². The molecule has 2 nitrogen and oxygen atoms in total. The quantitative estimate of drug-likeness (QED) is 0.790. The molecule has 3 rings (SSSR count). The predicted molar refractivity (Wildman–Crippen MR) is 74.8 cm³/mol. The van der Waals surface area contributed by atoms with E-state index in [9.17, 15) is 0 Å². The van der Waals surface area contributed by atoms with Gasteiger partial charge < -0.3 is 4.74 Å². The molecule has 0 amide bonds. The van der Waals surface area contributed by atoms with E-state index in [-0.39, 0.29) is 0 Å². The zero-order valence-electron chi connectivity index (χ0n) is 11.1. The van der Waals surface area contributed by atoms with Gasteiger partial charge in [0, 0.05) is 12.6 Å². The molecule has 18 heavy (non-hydrogen) atoms. The van der Waals surface area contributed by atoms with Gasteiger partial charge in [-0.2, -0.15) is 0 Å². The fourth-order valence-corrected chi connectivity index (χ4v) is 3.13. The van der Waals surface area contributed by atoms with E-state index in [2.05, 4.69) is 29.2 Å². The molecule has 1 fully saturated rings. The zero-order valence-corrected chi connectivity index (χ0v) is 11.1. The highest BCUT2D eigenvalue weighted by Gasteiger charge is 2.25. The molecule has 1 saturated heterocycles. The molecular weight excluding hydrogens is 222 g/mol. The van der Waals surface area contributed by atoms with E-state index in [1.807, 2.05) is 6.07 Å². The molecule has 0 N–H and O–H groups in total. The van der Waals surface area contributed by atoms with E-state index in [0.29, 0.717) is 0 Å². The first-order valence-corrected chi connectivity index (χ1v) is 6.94. The first-order valence-electron chi connectivity index (χ1n) is 6.94. The Morgan fingerprint density at radius 1 is 1.28 bits per heavy atom. The topological polar surface area (TPSA) is 12.5 Å². The maximum Gasteiger partial charge on any atom is 0.119 e. The normalized spacial score (nSPS) is 24.3. The monoisotopic (exact) mass is 243 g/mol. The second-order valence-corrected chi connectivity index (χ2v) is 5.32. The van der Waals surface area contributed by atoms with Crippen LogP contribution < -0.4 is 4.74 Å². The number of fused-ring (bicyclic) bond motifs is 1. The molecule has 0 spiro atoms. The summed E-state index contributed by atoms with van der Waals surface area (Å²) in [6.45, 7) is 2.38. The van der Waals surface area contributed by atoms with Gasteiger partial charge in [0.25, 0.3) is 0 Å². The first kappa shape index (κ1) is 11.8. The molecule has 0 unspecified atom stereocenters. The van der Waals surface area contributed by atoms with Gasteiger partial charge in [-0.3, -0.25) is 4.90 Å². The third kappa shape index (κ3) is 2.30. The zero-order chi connectivity index (χ0) is 12.4. The van der Waals surface area contributed by atoms with Crippen molar-refractivity contribution in [3.8, 4) is 5.75 Å². The van der Waals surface area contributed by atoms with E-state index in [0.717, 1.165) is 18.3 Å². The molecule has 0 aliphatic carbocycles. The van der Waals surface area contributed by atoms with Crippen LogP contribution in [0, 0.1) is 0 Å². The summed E-state index contributed by atoms with van der Waals surface area (Å²) >= 11 is 0. The fourth-order valence-electron chi connectivity index (χ4n) is 3.13. The molecule has 0 saturated carbocycles. The molecule has 0 aromatic heterocycles. The van der Waals surface area contributed by atoms with Gasteiger partial charge in [0.15, 0.2) is 0 Å². The summed E-state index contributed by atoms with van der Waals surface area (Å²) in [5.41, 5.74) is 2.78. The predicted octanol–water partition coefficient (Wildman–Crippen LogP) is 3.34. The second-order valence-electron chi connectivity index (χ2n) is 5.32. The molecule has 2 heterocycles. The Morgan fingerprint density at radius 2 is 2.22 bits per heavy atom. The van der Waals surface area contributed by atoms with Crippen LogP contribution in [0.15, 0.2) is 30.3 Å². The Labute approximate surface area is 109 Å². The van der Waals surface area contributed by atoms with Crippen LogP contribution in [-0.2, 0) is 0 Å². The number of hydrogen-bond acceptors (Lipinski definition) is 2. The molecule has 2 heteroatoms. The van der Waals surface area contributed by atoms with Gasteiger partial charge in [0.05, 0.1) is 7.11 Å². The highest BCUT2D eigenvalue weighted by atomic mass is 16.5. The molecule has 1 atom stereocenters. The molecule has 1 aromatic carbocycles. The van der Waals surface area contributed by atoms with Gasteiger partial charge in [-0.1, -0.05) is 24.6 Å². The van der Waals surface area contributed by atoms with Crippen LogP contribution in [0.5, 0.6) is 5.75 Å². The molecule has 2 aliphatic rings. The average molecular weight is 243 g/mol. The Balaban J connectivity index is 1.81. The van der Waals surface area contributed by atoms with Crippen molar-refractivity contribution in [1.29, 1.82) is 0 Å². The third-order valence-electron chi connectivity index (χ3n) is 4.20. The van der Waals surface area contributed by atoms with Crippen LogP contribution in [-0.4, -0.2) is 31.1 Å². The van der Waals surface area contributed by atoms with Crippen LogP contribution in [0.2, 0.25) is 0 Å². The number of piperidine rings is 1. The van der Waals surface area contributed by atoms with E-state index < -0.39 is 0 Å². The minimum atomic E-state index is 0.799. The summed E-state index contributed by atoms with van der Waals surface area (Å²) in [6.07, 6.45) is 7.79. The summed E-state index contributed by atoms with van der Waals surface area (Å²) in [5, 5.41) is 0. The molecule has 1 aromatic rings. The number of nitrogens with zero attached hydrogens (tertiary/aromatic N) is 1. The highest BCUT2D eigenvalue weighted by Crippen LogP contribution is 2.30. The minimum Gasteiger partial charge on any atom is -0.497 e. The van der Waals surface area contributed by atoms with Crippen molar-refractivity contribution in [3.63, 3.8) is 0 Å². The lowest BCUT2D eigenvalue weighted by molar-refractivity contribution is 0.162. The first-order chi connectivity index (χ1) is 8.86. The summed E-state index contributed by atoms with van der Waals surface area (Å²) in [7, 11) is 1.73. The summed E-state index contributed by atoms with van der Waals surface area (Å²) < 4.78 is 5.31.